The fourth-order valence-corrected chi connectivity index (χ4v) is 2.06. The van der Waals surface area contributed by atoms with Gasteiger partial charge in [-0.15, -0.1) is 0 Å². The number of amides is 1. The molecule has 0 aliphatic heterocycles. The maximum absolute atomic E-state index is 12.6. The summed E-state index contributed by atoms with van der Waals surface area (Å²) in [4.78, 5) is 29.2. The number of aromatic nitrogens is 1. The zero-order valence-electron chi connectivity index (χ0n) is 13.6. The molecule has 124 valence electrons. The molecule has 0 aromatic carbocycles. The molecule has 0 spiro atoms. The van der Waals surface area contributed by atoms with Gasteiger partial charge in [-0.3, -0.25) is 9.59 Å². The Morgan fingerprint density at radius 1 is 1.41 bits per heavy atom. The van der Waals surface area contributed by atoms with Gasteiger partial charge < -0.3 is 19.2 Å². The Hall–Kier alpha value is -1.89. The third-order valence-corrected chi connectivity index (χ3v) is 3.22. The van der Waals surface area contributed by atoms with E-state index in [9.17, 15) is 9.59 Å². The highest BCUT2D eigenvalue weighted by atomic mass is 16.5. The predicted molar refractivity (Wildman–Crippen MR) is 79.8 cm³/mol. The fourth-order valence-electron chi connectivity index (χ4n) is 2.06. The number of aryl methyl sites for hydroxylation is 2. The number of carbonyl (C=O) groups is 2. The van der Waals surface area contributed by atoms with Crippen molar-refractivity contribution in [3.8, 4) is 0 Å². The Labute approximate surface area is 130 Å². The molecule has 0 saturated heterocycles. The molecule has 1 N–H and O–H groups in total. The van der Waals surface area contributed by atoms with E-state index in [2.05, 4.69) is 4.98 Å². The van der Waals surface area contributed by atoms with Crippen molar-refractivity contribution in [2.75, 3.05) is 26.3 Å². The number of hydrogen-bond donors (Lipinski definition) is 1. The van der Waals surface area contributed by atoms with Crippen molar-refractivity contribution in [1.29, 1.82) is 0 Å². The van der Waals surface area contributed by atoms with Gasteiger partial charge in [0.2, 0.25) is 5.76 Å². The van der Waals surface area contributed by atoms with Crippen molar-refractivity contribution in [1.82, 2.24) is 9.88 Å². The molecular formula is C15H24N2O5. The summed E-state index contributed by atoms with van der Waals surface area (Å²) in [6.45, 7) is 8.51. The number of nitrogens with zero attached hydrogens (tertiary/aromatic N) is 2. The lowest BCUT2D eigenvalue weighted by Gasteiger charge is -2.23. The second kappa shape index (κ2) is 8.53. The van der Waals surface area contributed by atoms with Crippen LogP contribution in [0.5, 0.6) is 0 Å². The van der Waals surface area contributed by atoms with E-state index in [1.807, 2.05) is 6.92 Å². The Morgan fingerprint density at radius 2 is 2.09 bits per heavy atom. The van der Waals surface area contributed by atoms with Crippen LogP contribution in [0.25, 0.3) is 0 Å². The zero-order valence-corrected chi connectivity index (χ0v) is 13.6. The van der Waals surface area contributed by atoms with E-state index >= 15 is 0 Å². The maximum atomic E-state index is 12.6. The molecule has 0 aliphatic rings. The standard InChI is InChI=1S/C15H24N2O5/c1-5-21-8-6-7-17(9-10(2)15(19)20)14(18)13-11(3)16-12(4)22-13/h10H,5-9H2,1-4H3,(H,19,20). The van der Waals surface area contributed by atoms with Crippen molar-refractivity contribution < 1.29 is 23.8 Å². The lowest BCUT2D eigenvalue weighted by molar-refractivity contribution is -0.141. The van der Waals surface area contributed by atoms with E-state index in [0.29, 0.717) is 37.8 Å². The predicted octanol–water partition coefficient (Wildman–Crippen LogP) is 1.88. The summed E-state index contributed by atoms with van der Waals surface area (Å²) in [7, 11) is 0. The van der Waals surface area contributed by atoms with E-state index in [1.54, 1.807) is 20.8 Å². The quantitative estimate of drug-likeness (QED) is 0.700. The summed E-state index contributed by atoms with van der Waals surface area (Å²) in [5.41, 5.74) is 0.514. The topological polar surface area (TPSA) is 92.9 Å². The number of aliphatic carboxylic acids is 1. The minimum atomic E-state index is -0.937. The molecule has 7 heteroatoms. The van der Waals surface area contributed by atoms with Crippen LogP contribution in [0.15, 0.2) is 4.42 Å². The van der Waals surface area contributed by atoms with Gasteiger partial charge in [0.05, 0.1) is 11.6 Å². The van der Waals surface area contributed by atoms with Gasteiger partial charge >= 0.3 is 5.97 Å². The Morgan fingerprint density at radius 3 is 2.59 bits per heavy atom. The average molecular weight is 312 g/mol. The molecule has 1 unspecified atom stereocenters. The minimum Gasteiger partial charge on any atom is -0.481 e. The van der Waals surface area contributed by atoms with E-state index < -0.39 is 11.9 Å². The van der Waals surface area contributed by atoms with Crippen LogP contribution in [0.3, 0.4) is 0 Å². The van der Waals surface area contributed by atoms with E-state index in [4.69, 9.17) is 14.3 Å². The summed E-state index contributed by atoms with van der Waals surface area (Å²) in [6.07, 6.45) is 0.637. The van der Waals surface area contributed by atoms with Gasteiger partial charge in [0, 0.05) is 33.2 Å². The van der Waals surface area contributed by atoms with Gasteiger partial charge in [0.15, 0.2) is 5.89 Å². The molecule has 0 saturated carbocycles. The first-order valence-electron chi connectivity index (χ1n) is 7.40. The fraction of sp³-hybridized carbons (Fsp3) is 0.667. The molecule has 22 heavy (non-hydrogen) atoms. The summed E-state index contributed by atoms with van der Waals surface area (Å²) in [5, 5.41) is 9.05. The van der Waals surface area contributed by atoms with Crippen molar-refractivity contribution in [2.24, 2.45) is 5.92 Å². The van der Waals surface area contributed by atoms with Gasteiger partial charge in [-0.05, 0) is 20.3 Å². The summed E-state index contributed by atoms with van der Waals surface area (Å²) in [6, 6.07) is 0. The third kappa shape index (κ3) is 5.14. The number of carbonyl (C=O) groups excluding carboxylic acids is 1. The van der Waals surface area contributed by atoms with Crippen molar-refractivity contribution in [2.45, 2.75) is 34.1 Å². The maximum Gasteiger partial charge on any atom is 0.308 e. The van der Waals surface area contributed by atoms with E-state index in [0.717, 1.165) is 0 Å². The molecule has 0 bridgehead atoms. The molecule has 0 aliphatic carbocycles. The molecule has 7 nitrogen and oxygen atoms in total. The molecule has 1 rings (SSSR count). The lowest BCUT2D eigenvalue weighted by Crippen LogP contribution is -2.38. The second-order valence-electron chi connectivity index (χ2n) is 5.19. The summed E-state index contributed by atoms with van der Waals surface area (Å²) >= 11 is 0. The van der Waals surface area contributed by atoms with E-state index in [1.165, 1.54) is 4.90 Å². The van der Waals surface area contributed by atoms with Crippen molar-refractivity contribution in [3.05, 3.63) is 17.3 Å². The van der Waals surface area contributed by atoms with Gasteiger partial charge in [-0.2, -0.15) is 0 Å². The largest absolute Gasteiger partial charge is 0.481 e. The highest BCUT2D eigenvalue weighted by Gasteiger charge is 2.25. The number of hydrogen-bond acceptors (Lipinski definition) is 5. The van der Waals surface area contributed by atoms with Crippen LogP contribution < -0.4 is 0 Å². The first-order valence-corrected chi connectivity index (χ1v) is 7.40. The Bertz CT molecular complexity index is 512. The van der Waals surface area contributed by atoms with Gasteiger partial charge in [-0.1, -0.05) is 6.92 Å². The number of carboxylic acids is 1. The molecule has 1 aromatic rings. The normalized spacial score (nSPS) is 12.2. The molecule has 1 atom stereocenters. The SMILES string of the molecule is CCOCCCN(CC(C)C(=O)O)C(=O)c1oc(C)nc1C. The molecule has 1 heterocycles. The molecule has 1 aromatic heterocycles. The number of ether oxygens (including phenoxy) is 1. The van der Waals surface area contributed by atoms with E-state index in [-0.39, 0.29) is 18.2 Å². The number of oxazole rings is 1. The van der Waals surface area contributed by atoms with Crippen LogP contribution in [0.1, 0.15) is 42.4 Å². The summed E-state index contributed by atoms with van der Waals surface area (Å²) < 4.78 is 10.6. The Kier molecular flexibility index (Phi) is 7.04. The highest BCUT2D eigenvalue weighted by molar-refractivity contribution is 5.92. The van der Waals surface area contributed by atoms with Crippen LogP contribution in [0, 0.1) is 19.8 Å². The number of carboxylic acid groups (broad SMARTS) is 1. The minimum absolute atomic E-state index is 0.124. The van der Waals surface area contributed by atoms with Gasteiger partial charge in [0.1, 0.15) is 0 Å². The van der Waals surface area contributed by atoms with Gasteiger partial charge in [-0.25, -0.2) is 4.98 Å². The van der Waals surface area contributed by atoms with Crippen LogP contribution in [0.4, 0.5) is 0 Å². The molecule has 1 amide bonds. The van der Waals surface area contributed by atoms with Crippen molar-refractivity contribution in [3.63, 3.8) is 0 Å². The van der Waals surface area contributed by atoms with Crippen LogP contribution in [0.2, 0.25) is 0 Å². The third-order valence-electron chi connectivity index (χ3n) is 3.22. The highest BCUT2D eigenvalue weighted by Crippen LogP contribution is 2.14. The molecule has 0 radical (unpaired) electrons. The monoisotopic (exact) mass is 312 g/mol. The number of rotatable bonds is 9. The molecule has 0 fully saturated rings. The van der Waals surface area contributed by atoms with Crippen LogP contribution in [-0.4, -0.2) is 53.2 Å². The van der Waals surface area contributed by atoms with Crippen molar-refractivity contribution >= 4 is 11.9 Å². The Balaban J connectivity index is 2.80. The lowest BCUT2D eigenvalue weighted by atomic mass is 10.1. The van der Waals surface area contributed by atoms with Crippen LogP contribution in [-0.2, 0) is 9.53 Å². The smallest absolute Gasteiger partial charge is 0.308 e. The first-order chi connectivity index (χ1) is 10.4. The first kappa shape index (κ1) is 18.2. The molecular weight excluding hydrogens is 288 g/mol. The summed E-state index contributed by atoms with van der Waals surface area (Å²) in [5.74, 6) is -1.33. The average Bonchev–Trinajstić information content (AvgIpc) is 2.79. The van der Waals surface area contributed by atoms with Crippen LogP contribution >= 0.6 is 0 Å². The second-order valence-corrected chi connectivity index (χ2v) is 5.19. The zero-order chi connectivity index (χ0) is 16.7. The van der Waals surface area contributed by atoms with Gasteiger partial charge in [0.25, 0.3) is 5.91 Å².